The van der Waals surface area contributed by atoms with E-state index in [1.165, 1.54) is 38.5 Å². The molecule has 0 unspecified atom stereocenters. The van der Waals surface area contributed by atoms with Crippen LogP contribution in [0.2, 0.25) is 0 Å². The molecule has 0 amide bonds. The topological polar surface area (TPSA) is 118 Å². The third-order valence-electron chi connectivity index (χ3n) is 3.27. The largest absolute Gasteiger partial charge is 0.394 e. The predicted molar refractivity (Wildman–Crippen MR) is 96.4 cm³/mol. The van der Waals surface area contributed by atoms with E-state index in [2.05, 4.69) is 6.92 Å². The second kappa shape index (κ2) is 13.2. The minimum Gasteiger partial charge on any atom is -0.266 e. The van der Waals surface area contributed by atoms with Crippen LogP contribution in [0, 0.1) is 0 Å². The third kappa shape index (κ3) is 16.2. The summed E-state index contributed by atoms with van der Waals surface area (Å²) in [5, 5.41) is 0. The molecule has 0 aliphatic carbocycles. The Morgan fingerprint density at radius 3 is 1.72 bits per heavy atom. The van der Waals surface area contributed by atoms with Gasteiger partial charge in [-0.25, -0.2) is 0 Å². The summed E-state index contributed by atoms with van der Waals surface area (Å²) in [5.41, 5.74) is 0. The summed E-state index contributed by atoms with van der Waals surface area (Å²) in [4.78, 5) is 0.236. The van der Waals surface area contributed by atoms with E-state index in [9.17, 15) is 8.42 Å². The van der Waals surface area contributed by atoms with Crippen molar-refractivity contribution in [3.05, 3.63) is 30.3 Å². The number of unbranched alkanes of at least 4 members (excludes halogenated alkanes) is 7. The lowest BCUT2D eigenvalue weighted by Crippen LogP contribution is -2.07. The van der Waals surface area contributed by atoms with E-state index in [1.807, 2.05) is 0 Å². The lowest BCUT2D eigenvalue weighted by Gasteiger charge is -2.05. The molecule has 1 rings (SSSR count). The van der Waals surface area contributed by atoms with Gasteiger partial charge in [-0.2, -0.15) is 16.8 Å². The molecule has 0 aliphatic heterocycles. The van der Waals surface area contributed by atoms with E-state index in [0.29, 0.717) is 0 Å². The molecule has 0 heterocycles. The first-order chi connectivity index (χ1) is 11.7. The molecule has 2 N–H and O–H groups in total. The Labute approximate surface area is 151 Å². The zero-order valence-electron chi connectivity index (χ0n) is 14.5. The van der Waals surface area contributed by atoms with E-state index < -0.39 is 20.5 Å². The highest BCUT2D eigenvalue weighted by Crippen LogP contribution is 2.13. The maximum absolute atomic E-state index is 11.8. The minimum atomic E-state index is -4.67. The van der Waals surface area contributed by atoms with Gasteiger partial charge >= 0.3 is 10.4 Å². The van der Waals surface area contributed by atoms with Gasteiger partial charge in [0.2, 0.25) is 0 Å². The molecule has 0 fully saturated rings. The number of rotatable bonds is 11. The normalized spacial score (nSPS) is 11.6. The van der Waals surface area contributed by atoms with E-state index in [-0.39, 0.29) is 11.5 Å². The maximum Gasteiger partial charge on any atom is 0.394 e. The van der Waals surface area contributed by atoms with Gasteiger partial charge in [-0.05, 0) is 18.6 Å². The zero-order chi connectivity index (χ0) is 19.2. The van der Waals surface area contributed by atoms with Crippen LogP contribution in [0.4, 0.5) is 0 Å². The molecule has 1 aromatic carbocycles. The van der Waals surface area contributed by atoms with Crippen molar-refractivity contribution in [1.82, 2.24) is 0 Å². The van der Waals surface area contributed by atoms with Crippen molar-refractivity contribution in [1.29, 1.82) is 0 Å². The Morgan fingerprint density at radius 2 is 1.24 bits per heavy atom. The molecule has 0 radical (unpaired) electrons. The quantitative estimate of drug-likeness (QED) is 0.331. The number of hydrogen-bond acceptors (Lipinski definition) is 5. The molecular formula is C16H28O7S2. The highest BCUT2D eigenvalue weighted by Gasteiger charge is 2.13. The van der Waals surface area contributed by atoms with Crippen LogP contribution in [-0.4, -0.2) is 32.5 Å². The Morgan fingerprint density at radius 1 is 0.800 bits per heavy atom. The summed E-state index contributed by atoms with van der Waals surface area (Å²) < 4.78 is 60.3. The van der Waals surface area contributed by atoms with Gasteiger partial charge in [-0.1, -0.05) is 70.1 Å². The lowest BCUT2D eigenvalue weighted by molar-refractivity contribution is 0.306. The van der Waals surface area contributed by atoms with Crippen LogP contribution in [0.25, 0.3) is 0 Å². The average molecular weight is 397 g/mol. The molecule has 0 saturated carbocycles. The molecule has 9 heteroatoms. The minimum absolute atomic E-state index is 0.236. The van der Waals surface area contributed by atoms with Crippen LogP contribution in [-0.2, 0) is 24.7 Å². The van der Waals surface area contributed by atoms with Gasteiger partial charge in [-0.15, -0.1) is 0 Å². The van der Waals surface area contributed by atoms with Gasteiger partial charge in [0.1, 0.15) is 0 Å². The SMILES string of the molecule is CCCCCCCCCCOS(=O)(=O)c1ccccc1.O=S(=O)(O)O. The van der Waals surface area contributed by atoms with Crippen LogP contribution in [0.1, 0.15) is 58.3 Å². The monoisotopic (exact) mass is 396 g/mol. The number of hydrogen-bond donors (Lipinski definition) is 2. The lowest BCUT2D eigenvalue weighted by atomic mass is 10.1. The second-order valence-corrected chi connectivity index (χ2v) is 8.02. The van der Waals surface area contributed by atoms with Crippen molar-refractivity contribution in [2.24, 2.45) is 0 Å². The van der Waals surface area contributed by atoms with Crippen molar-refractivity contribution < 1.29 is 30.1 Å². The van der Waals surface area contributed by atoms with Gasteiger partial charge in [0.15, 0.2) is 0 Å². The molecular weight excluding hydrogens is 368 g/mol. The standard InChI is InChI=1S/C16H26O3S.H2O4S/c1-2-3-4-5-6-7-8-12-15-19-20(17,18)16-13-10-9-11-14-16;1-5(2,3)4/h9-11,13-14H,2-8,12,15H2,1H3;(H2,1,2,3,4). The molecule has 0 spiro atoms. The van der Waals surface area contributed by atoms with E-state index >= 15 is 0 Å². The Bertz CT molecular complexity index is 632. The van der Waals surface area contributed by atoms with E-state index in [0.717, 1.165) is 12.8 Å². The Balaban J connectivity index is 0.00000101. The molecule has 0 saturated heterocycles. The van der Waals surface area contributed by atoms with Gasteiger partial charge in [0, 0.05) is 0 Å². The van der Waals surface area contributed by atoms with Crippen LogP contribution in [0.5, 0.6) is 0 Å². The molecule has 146 valence electrons. The summed E-state index contributed by atoms with van der Waals surface area (Å²) in [6, 6.07) is 8.31. The highest BCUT2D eigenvalue weighted by molar-refractivity contribution is 7.86. The smallest absolute Gasteiger partial charge is 0.266 e. The van der Waals surface area contributed by atoms with Crippen LogP contribution < -0.4 is 0 Å². The van der Waals surface area contributed by atoms with Gasteiger partial charge < -0.3 is 0 Å². The Kier molecular flexibility index (Phi) is 12.7. The summed E-state index contributed by atoms with van der Waals surface area (Å²) >= 11 is 0. The number of benzene rings is 1. The van der Waals surface area contributed by atoms with Crippen molar-refractivity contribution in [3.8, 4) is 0 Å². The van der Waals surface area contributed by atoms with Crippen molar-refractivity contribution in [2.45, 2.75) is 63.2 Å². The summed E-state index contributed by atoms with van der Waals surface area (Å²) in [7, 11) is -8.23. The van der Waals surface area contributed by atoms with Gasteiger partial charge in [0.25, 0.3) is 10.1 Å². The molecule has 0 bridgehead atoms. The second-order valence-electron chi connectivity index (χ2n) is 5.51. The van der Waals surface area contributed by atoms with Crippen molar-refractivity contribution in [2.75, 3.05) is 6.61 Å². The fourth-order valence-corrected chi connectivity index (χ4v) is 3.02. The third-order valence-corrected chi connectivity index (χ3v) is 4.59. The maximum atomic E-state index is 11.8. The fourth-order valence-electron chi connectivity index (χ4n) is 2.06. The first kappa shape index (κ1) is 24.0. The summed E-state index contributed by atoms with van der Waals surface area (Å²) in [5.74, 6) is 0. The summed E-state index contributed by atoms with van der Waals surface area (Å²) in [6.45, 7) is 2.50. The molecule has 0 aliphatic rings. The predicted octanol–water partition coefficient (Wildman–Crippen LogP) is 3.88. The molecule has 1 aromatic rings. The summed E-state index contributed by atoms with van der Waals surface area (Å²) in [6.07, 6.45) is 9.44. The highest BCUT2D eigenvalue weighted by atomic mass is 32.3. The fraction of sp³-hybridized carbons (Fsp3) is 0.625. The first-order valence-electron chi connectivity index (χ1n) is 8.31. The molecule has 0 aromatic heterocycles. The zero-order valence-corrected chi connectivity index (χ0v) is 16.1. The molecule has 25 heavy (non-hydrogen) atoms. The Hall–Kier alpha value is -1.00. The molecule has 0 atom stereocenters. The average Bonchev–Trinajstić information content (AvgIpc) is 2.52. The van der Waals surface area contributed by atoms with Crippen LogP contribution >= 0.6 is 0 Å². The van der Waals surface area contributed by atoms with Crippen molar-refractivity contribution in [3.63, 3.8) is 0 Å². The molecule has 7 nitrogen and oxygen atoms in total. The van der Waals surface area contributed by atoms with Crippen molar-refractivity contribution >= 4 is 20.5 Å². The van der Waals surface area contributed by atoms with E-state index in [4.69, 9.17) is 21.7 Å². The van der Waals surface area contributed by atoms with E-state index in [1.54, 1.807) is 30.3 Å². The van der Waals surface area contributed by atoms with Gasteiger partial charge in [0.05, 0.1) is 11.5 Å². The van der Waals surface area contributed by atoms with Crippen LogP contribution in [0.3, 0.4) is 0 Å². The van der Waals surface area contributed by atoms with Gasteiger partial charge in [-0.3, -0.25) is 13.3 Å². The first-order valence-corrected chi connectivity index (χ1v) is 11.1. The van der Waals surface area contributed by atoms with Crippen LogP contribution in [0.15, 0.2) is 35.2 Å².